The standard InChI is InChI=1S/C31H32ClF2N3O3/c32-25-11-5-24(6-12-25)31(40)35-21-30(39)37-19-17-36(18-20-37)29(38)4-2-1-3-28(22-7-13-26(33)14-8-22)23-9-15-27(34)16-10-23/h5-16,28H,1-4,17-21H2,(H,35,40). The van der Waals surface area contributed by atoms with Crippen LogP contribution in [-0.4, -0.2) is 60.2 Å². The van der Waals surface area contributed by atoms with Crippen molar-refractivity contribution in [2.24, 2.45) is 0 Å². The lowest BCUT2D eigenvalue weighted by molar-refractivity contribution is -0.139. The predicted octanol–water partition coefficient (Wildman–Crippen LogP) is 5.41. The van der Waals surface area contributed by atoms with E-state index in [4.69, 9.17) is 11.6 Å². The van der Waals surface area contributed by atoms with Gasteiger partial charge in [0, 0.05) is 49.1 Å². The number of unbranched alkanes of at least 4 members (excludes halogenated alkanes) is 1. The average Bonchev–Trinajstić information content (AvgIpc) is 2.97. The van der Waals surface area contributed by atoms with E-state index in [0.717, 1.165) is 24.0 Å². The molecule has 0 bridgehead atoms. The van der Waals surface area contributed by atoms with Gasteiger partial charge in [0.25, 0.3) is 5.91 Å². The molecule has 4 rings (SSSR count). The number of amides is 3. The topological polar surface area (TPSA) is 69.7 Å². The summed E-state index contributed by atoms with van der Waals surface area (Å²) in [5, 5.41) is 3.16. The van der Waals surface area contributed by atoms with Gasteiger partial charge in [-0.3, -0.25) is 14.4 Å². The van der Waals surface area contributed by atoms with E-state index in [-0.39, 0.29) is 41.8 Å². The van der Waals surface area contributed by atoms with Crippen molar-refractivity contribution >= 4 is 29.3 Å². The Kier molecular flexibility index (Phi) is 10.2. The quantitative estimate of drug-likeness (QED) is 0.333. The maximum absolute atomic E-state index is 13.5. The summed E-state index contributed by atoms with van der Waals surface area (Å²) in [5.41, 5.74) is 2.32. The highest BCUT2D eigenvalue weighted by Gasteiger charge is 2.24. The van der Waals surface area contributed by atoms with E-state index in [1.165, 1.54) is 24.3 Å². The molecule has 3 amide bonds. The molecule has 9 heteroatoms. The van der Waals surface area contributed by atoms with Crippen LogP contribution in [0.3, 0.4) is 0 Å². The van der Waals surface area contributed by atoms with Crippen LogP contribution in [0.1, 0.15) is 53.1 Å². The second kappa shape index (κ2) is 14.0. The van der Waals surface area contributed by atoms with Crippen LogP contribution in [-0.2, 0) is 9.59 Å². The number of hydrogen-bond acceptors (Lipinski definition) is 3. The van der Waals surface area contributed by atoms with Crippen LogP contribution in [0.5, 0.6) is 0 Å². The highest BCUT2D eigenvalue weighted by atomic mass is 35.5. The summed E-state index contributed by atoms with van der Waals surface area (Å²) >= 11 is 5.84. The number of halogens is 3. The van der Waals surface area contributed by atoms with E-state index in [1.54, 1.807) is 58.3 Å². The predicted molar refractivity (Wildman–Crippen MR) is 150 cm³/mol. The van der Waals surface area contributed by atoms with Gasteiger partial charge in [-0.2, -0.15) is 0 Å². The molecule has 1 heterocycles. The first kappa shape index (κ1) is 29.2. The lowest BCUT2D eigenvalue weighted by Crippen LogP contribution is -2.52. The van der Waals surface area contributed by atoms with E-state index in [0.29, 0.717) is 49.6 Å². The second-order valence-electron chi connectivity index (χ2n) is 9.85. The summed E-state index contributed by atoms with van der Waals surface area (Å²) in [5.74, 6) is -1.13. The molecule has 1 aliphatic heterocycles. The van der Waals surface area contributed by atoms with Crippen molar-refractivity contribution in [2.45, 2.75) is 31.6 Å². The summed E-state index contributed by atoms with van der Waals surface area (Å²) in [6.45, 7) is 1.61. The number of piperazine rings is 1. The Hall–Kier alpha value is -3.78. The molecule has 1 saturated heterocycles. The molecule has 1 fully saturated rings. The zero-order valence-corrected chi connectivity index (χ0v) is 22.9. The van der Waals surface area contributed by atoms with Gasteiger partial charge in [-0.15, -0.1) is 0 Å². The van der Waals surface area contributed by atoms with Crippen LogP contribution in [0.2, 0.25) is 5.02 Å². The molecule has 0 aromatic heterocycles. The minimum absolute atomic E-state index is 0.0222. The molecule has 0 aliphatic carbocycles. The van der Waals surface area contributed by atoms with Crippen molar-refractivity contribution in [3.8, 4) is 0 Å². The average molecular weight is 568 g/mol. The Morgan fingerprint density at radius 3 is 1.75 bits per heavy atom. The molecule has 3 aromatic rings. The molecule has 6 nitrogen and oxygen atoms in total. The molecule has 0 spiro atoms. The fourth-order valence-electron chi connectivity index (χ4n) is 4.88. The maximum atomic E-state index is 13.5. The minimum atomic E-state index is -0.347. The van der Waals surface area contributed by atoms with E-state index < -0.39 is 0 Å². The van der Waals surface area contributed by atoms with Crippen molar-refractivity contribution < 1.29 is 23.2 Å². The van der Waals surface area contributed by atoms with Crippen LogP contribution >= 0.6 is 11.6 Å². The lowest BCUT2D eigenvalue weighted by Gasteiger charge is -2.35. The number of rotatable bonds is 10. The van der Waals surface area contributed by atoms with Gasteiger partial charge in [0.05, 0.1) is 6.54 Å². The molecule has 1 aliphatic rings. The number of nitrogens with one attached hydrogen (secondary N) is 1. The largest absolute Gasteiger partial charge is 0.343 e. The number of hydrogen-bond donors (Lipinski definition) is 1. The first-order chi connectivity index (χ1) is 19.3. The second-order valence-corrected chi connectivity index (χ2v) is 10.3. The molecular weight excluding hydrogens is 536 g/mol. The van der Waals surface area contributed by atoms with Crippen LogP contribution in [0.15, 0.2) is 72.8 Å². The molecule has 0 radical (unpaired) electrons. The normalized spacial score (nSPS) is 13.4. The van der Waals surface area contributed by atoms with Gasteiger partial charge < -0.3 is 15.1 Å². The van der Waals surface area contributed by atoms with Crippen LogP contribution in [0.25, 0.3) is 0 Å². The molecule has 40 heavy (non-hydrogen) atoms. The Morgan fingerprint density at radius 2 is 1.23 bits per heavy atom. The molecule has 3 aromatic carbocycles. The summed E-state index contributed by atoms with van der Waals surface area (Å²) in [6, 6.07) is 19.1. The number of carbonyl (C=O) groups is 3. The third-order valence-corrected chi connectivity index (χ3v) is 7.42. The van der Waals surface area contributed by atoms with Gasteiger partial charge in [-0.05, 0) is 72.5 Å². The molecule has 0 unspecified atom stereocenters. The Morgan fingerprint density at radius 1 is 0.725 bits per heavy atom. The Bertz CT molecular complexity index is 1250. The summed E-state index contributed by atoms with van der Waals surface area (Å²) in [6.07, 6.45) is 2.60. The van der Waals surface area contributed by atoms with Crippen LogP contribution in [0.4, 0.5) is 8.78 Å². The summed E-state index contributed by atoms with van der Waals surface area (Å²) in [4.78, 5) is 41.0. The fourth-order valence-corrected chi connectivity index (χ4v) is 5.00. The smallest absolute Gasteiger partial charge is 0.251 e. The number of carbonyl (C=O) groups excluding carboxylic acids is 3. The lowest BCUT2D eigenvalue weighted by atomic mass is 9.87. The van der Waals surface area contributed by atoms with Crippen molar-refractivity contribution in [1.29, 1.82) is 0 Å². The zero-order chi connectivity index (χ0) is 28.5. The van der Waals surface area contributed by atoms with Gasteiger partial charge in [0.1, 0.15) is 11.6 Å². The van der Waals surface area contributed by atoms with Gasteiger partial charge in [0.15, 0.2) is 0 Å². The van der Waals surface area contributed by atoms with Crippen molar-refractivity contribution in [3.63, 3.8) is 0 Å². The van der Waals surface area contributed by atoms with E-state index in [1.807, 2.05) is 0 Å². The van der Waals surface area contributed by atoms with Crippen molar-refractivity contribution in [1.82, 2.24) is 15.1 Å². The molecule has 0 saturated carbocycles. The van der Waals surface area contributed by atoms with Crippen molar-refractivity contribution in [2.75, 3.05) is 32.7 Å². The van der Waals surface area contributed by atoms with Gasteiger partial charge >= 0.3 is 0 Å². The molecule has 1 N–H and O–H groups in total. The van der Waals surface area contributed by atoms with Crippen molar-refractivity contribution in [3.05, 3.63) is 106 Å². The first-order valence-electron chi connectivity index (χ1n) is 13.4. The SMILES string of the molecule is O=C(NCC(=O)N1CCN(C(=O)CCCCC(c2ccc(F)cc2)c2ccc(F)cc2)CC1)c1ccc(Cl)cc1. The highest BCUT2D eigenvalue weighted by Crippen LogP contribution is 2.30. The first-order valence-corrected chi connectivity index (χ1v) is 13.8. The number of benzene rings is 3. The Balaban J connectivity index is 1.19. The van der Waals surface area contributed by atoms with E-state index in [2.05, 4.69) is 5.32 Å². The summed E-state index contributed by atoms with van der Waals surface area (Å²) in [7, 11) is 0. The van der Waals surface area contributed by atoms with Crippen LogP contribution < -0.4 is 5.32 Å². The van der Waals surface area contributed by atoms with E-state index >= 15 is 0 Å². The van der Waals surface area contributed by atoms with Gasteiger partial charge in [-0.25, -0.2) is 8.78 Å². The maximum Gasteiger partial charge on any atom is 0.251 e. The third kappa shape index (κ3) is 8.11. The molecular formula is C31H32ClF2N3O3. The molecule has 210 valence electrons. The third-order valence-electron chi connectivity index (χ3n) is 7.17. The fraction of sp³-hybridized carbons (Fsp3) is 0.323. The van der Waals surface area contributed by atoms with E-state index in [9.17, 15) is 23.2 Å². The zero-order valence-electron chi connectivity index (χ0n) is 22.1. The monoisotopic (exact) mass is 567 g/mol. The number of nitrogens with zero attached hydrogens (tertiary/aromatic N) is 2. The van der Waals surface area contributed by atoms with Gasteiger partial charge in [-0.1, -0.05) is 42.3 Å². The Labute approximate surface area is 237 Å². The minimum Gasteiger partial charge on any atom is -0.343 e. The summed E-state index contributed by atoms with van der Waals surface area (Å²) < 4.78 is 26.9. The van der Waals surface area contributed by atoms with Gasteiger partial charge in [0.2, 0.25) is 11.8 Å². The molecule has 0 atom stereocenters. The van der Waals surface area contributed by atoms with Crippen LogP contribution in [0, 0.1) is 11.6 Å². The highest BCUT2D eigenvalue weighted by molar-refractivity contribution is 6.30.